The Morgan fingerprint density at radius 3 is 1.10 bits per heavy atom. The van der Waals surface area contributed by atoms with Gasteiger partial charge in [0.05, 0.1) is 102 Å². The van der Waals surface area contributed by atoms with Gasteiger partial charge in [0.1, 0.15) is 28.9 Å². The van der Waals surface area contributed by atoms with Crippen molar-refractivity contribution >= 4 is 42.1 Å². The Kier molecular flexibility index (Phi) is 27.6. The van der Waals surface area contributed by atoms with E-state index in [0.717, 1.165) is 35.4 Å². The van der Waals surface area contributed by atoms with E-state index in [0.29, 0.717) is 186 Å². The third-order valence-electron chi connectivity index (χ3n) is 27.1. The first-order chi connectivity index (χ1) is 66.4. The molecule has 3 spiro atoms. The van der Waals surface area contributed by atoms with Crippen LogP contribution < -0.4 is 28.9 Å². The van der Waals surface area contributed by atoms with Crippen molar-refractivity contribution in [2.45, 2.75) is 210 Å². The van der Waals surface area contributed by atoms with Crippen LogP contribution in [0.5, 0.6) is 17.2 Å². The number of nitrogens with zero attached hydrogens (tertiary/aromatic N) is 12. The number of alkyl halides is 16. The summed E-state index contributed by atoms with van der Waals surface area (Å²) in [6.45, 7) is 13.2. The predicted molar refractivity (Wildman–Crippen MR) is 485 cm³/mol. The van der Waals surface area contributed by atoms with Crippen LogP contribution in [0.1, 0.15) is 224 Å². The first-order valence-corrected chi connectivity index (χ1v) is 45.3. The number of ether oxygens (including phenoxy) is 6. The zero-order valence-corrected chi connectivity index (χ0v) is 79.6. The number of amides is 3. The number of benzene rings is 7. The number of carbonyl (C=O) groups is 4. The van der Waals surface area contributed by atoms with Crippen LogP contribution in [0.2, 0.25) is 0 Å². The van der Waals surface area contributed by atoms with Gasteiger partial charge in [-0.2, -0.15) is 52.7 Å². The summed E-state index contributed by atoms with van der Waals surface area (Å²) in [5.74, 6) is -7.11. The van der Waals surface area contributed by atoms with E-state index in [1.807, 2.05) is 44.7 Å². The molecule has 7 aliphatic rings. The van der Waals surface area contributed by atoms with Gasteiger partial charge in [0, 0.05) is 130 Å². The van der Waals surface area contributed by atoms with Crippen LogP contribution in [0.25, 0.3) is 44.5 Å². The number of anilines is 3. The van der Waals surface area contributed by atoms with Crippen LogP contribution in [0.15, 0.2) is 134 Å². The number of hydrogen-bond donors (Lipinski definition) is 1. The summed E-state index contributed by atoms with van der Waals surface area (Å²) < 4.78 is 286. The largest absolute Gasteiger partial charge is 0.496 e. The monoisotopic (exact) mass is 2000 g/mol. The second-order valence-corrected chi connectivity index (χ2v) is 38.0. The standard InChI is InChI=1S/C38H34F6N4O5.C32H34F6N4O3.C31H32F6N4O3/c1-20-17-47(18-20)34-45-16-29(28-14-22(6-8-31(28)52-3)27-7-5-23(33(49)50)11-21(27)2)30(46-34)19-48-35(51)53-32(36(48)9-4-10-36)24-12-25(37(39,40)41)15-26(13-24)38(42,43)44;1-17(2)21-13-22(26(44-6)14-24(21)33)23-15-39-28(41(4)5)40-25(23)16-42-29(43)45-27(31(42)8-7-9-31)18-10-19(30(3,34)35)12-20(11-18)32(36,37)38;1-16(2)20-12-21(25(43-6)13-23(20)32)22-14-38-27(40(4)5)39-24(22)15-41-28(42)44-26(30(41)7-8-30)17-9-18(29(3,33)34)11-19(10-17)31(35,36)37/h5-8,11-16,20,32H,4,9-10,17-19H2,1-3H3,(H,49,50);10-15,17,27H,7-9,16H2,1-6H3;9-14,16,26H,7-8,15H2,1-6H3/t32-;;/m1../s1. The average Bonchev–Trinajstić information content (AvgIpc) is 1.54. The molecule has 7 fully saturated rings. The fourth-order valence-corrected chi connectivity index (χ4v) is 19.1. The minimum Gasteiger partial charge on any atom is -0.496 e. The molecule has 0 radical (unpaired) electrons. The number of aryl methyl sites for hydroxylation is 1. The van der Waals surface area contributed by atoms with Crippen LogP contribution in [-0.4, -0.2) is 153 Å². The predicted octanol–water partition coefficient (Wildman–Crippen LogP) is 25.0. The van der Waals surface area contributed by atoms with Crippen LogP contribution in [0, 0.1) is 24.5 Å². The summed E-state index contributed by atoms with van der Waals surface area (Å²) >= 11 is 0. The third-order valence-corrected chi connectivity index (χ3v) is 27.1. The molecular weight excluding hydrogens is 1900 g/mol. The van der Waals surface area contributed by atoms with Crippen molar-refractivity contribution in [3.05, 3.63) is 235 Å². The van der Waals surface area contributed by atoms with Gasteiger partial charge >= 0.3 is 49.0 Å². The number of carboxylic acid groups (broad SMARTS) is 1. The lowest BCUT2D eigenvalue weighted by atomic mass is 9.70. The number of cyclic esters (lactones) is 3. The topological polar surface area (TPSA) is 241 Å². The maximum absolute atomic E-state index is 14.9. The van der Waals surface area contributed by atoms with Gasteiger partial charge in [-0.05, 0) is 212 Å². The van der Waals surface area contributed by atoms with Crippen molar-refractivity contribution in [1.82, 2.24) is 44.6 Å². The molecule has 0 bridgehead atoms. The lowest BCUT2D eigenvalue weighted by Gasteiger charge is -2.46. The van der Waals surface area contributed by atoms with Gasteiger partial charge < -0.3 is 48.2 Å². The van der Waals surface area contributed by atoms with Crippen molar-refractivity contribution in [3.63, 3.8) is 0 Å². The maximum Gasteiger partial charge on any atom is 0.416 e. The van der Waals surface area contributed by atoms with E-state index in [4.69, 9.17) is 38.4 Å². The maximum atomic E-state index is 14.9. The molecular formula is C101H100F18N12O11. The van der Waals surface area contributed by atoms with Gasteiger partial charge in [-0.1, -0.05) is 46.8 Å². The number of hydrogen-bond acceptors (Lipinski definition) is 19. The van der Waals surface area contributed by atoms with E-state index in [1.165, 1.54) is 54.2 Å². The lowest BCUT2D eigenvalue weighted by molar-refractivity contribution is -0.143. The highest BCUT2D eigenvalue weighted by Crippen LogP contribution is 2.61. The highest BCUT2D eigenvalue weighted by molar-refractivity contribution is 5.90. The second kappa shape index (κ2) is 38.1. The first kappa shape index (κ1) is 103. The minimum atomic E-state index is -5.07. The number of aromatic carboxylic acids is 1. The highest BCUT2D eigenvalue weighted by atomic mass is 19.4. The molecule has 17 rings (SSSR count). The molecule has 3 amide bonds. The molecule has 10 aromatic rings. The fraction of sp³-hybridized carbons (Fsp3) is 0.426. The van der Waals surface area contributed by atoms with Crippen LogP contribution >= 0.6 is 0 Å². The Labute approximate surface area is 804 Å². The Morgan fingerprint density at radius 2 is 0.789 bits per heavy atom. The Morgan fingerprint density at radius 1 is 0.444 bits per heavy atom. The zero-order valence-electron chi connectivity index (χ0n) is 79.6. The number of halogens is 18. The van der Waals surface area contributed by atoms with Crippen molar-refractivity contribution < 1.29 is 132 Å². The molecule has 142 heavy (non-hydrogen) atoms. The van der Waals surface area contributed by atoms with Gasteiger partial charge in [0.2, 0.25) is 17.8 Å². The second-order valence-electron chi connectivity index (χ2n) is 38.0. The van der Waals surface area contributed by atoms with Crippen molar-refractivity contribution in [2.75, 3.05) is 77.3 Å². The summed E-state index contributed by atoms with van der Waals surface area (Å²) in [5, 5.41) is 9.46. The molecule has 41 heteroatoms. The molecule has 4 saturated heterocycles. The highest BCUT2D eigenvalue weighted by Gasteiger charge is 2.65. The normalized spacial score (nSPS) is 18.1. The summed E-state index contributed by atoms with van der Waals surface area (Å²) in [4.78, 5) is 89.4. The zero-order chi connectivity index (χ0) is 103. The van der Waals surface area contributed by atoms with Crippen molar-refractivity contribution in [2.24, 2.45) is 5.92 Å². The Hall–Kier alpha value is -13.4. The van der Waals surface area contributed by atoms with Gasteiger partial charge in [-0.25, -0.2) is 75.4 Å². The van der Waals surface area contributed by atoms with Gasteiger partial charge in [-0.3, -0.25) is 14.7 Å². The van der Waals surface area contributed by atoms with E-state index in [-0.39, 0.29) is 84.1 Å². The van der Waals surface area contributed by atoms with Crippen LogP contribution in [-0.2, 0) is 70.4 Å². The molecule has 4 aliphatic heterocycles. The van der Waals surface area contributed by atoms with Gasteiger partial charge in [-0.15, -0.1) is 0 Å². The SMILES string of the molecule is COc1cc(F)c(C(C)C)cc1-c1cnc(N(C)C)nc1CN1C(=O)OC(c2cc(C(C)(F)F)cc(C(F)(F)F)c2)C12CC2.COc1cc(F)c(C(C)C)cc1-c1cnc(N(C)C)nc1CN1C(=O)OC(c2cc(C(C)(F)F)cc(C(F)(F)F)c2)C12CCC2.COc1ccc(-c2ccc(C(=O)O)cc2C)cc1-c1cnc(N2CC(C)C2)nc1CN1C(=O)O[C@H](c2cc(C(F)(F)F)cc(C(F)(F)F)c2)C12CCC2. The molecule has 23 nitrogen and oxygen atoms in total. The summed E-state index contributed by atoms with van der Waals surface area (Å²) in [5.41, 5.74) is -4.08. The third kappa shape index (κ3) is 20.2. The number of methoxy groups -OCH3 is 3. The molecule has 1 N–H and O–H groups in total. The van der Waals surface area contributed by atoms with Crippen LogP contribution in [0.4, 0.5) is 111 Å². The van der Waals surface area contributed by atoms with E-state index < -0.39 is 141 Å². The molecule has 3 aromatic heterocycles. The number of carbonyl (C=O) groups excluding carboxylic acids is 3. The van der Waals surface area contributed by atoms with E-state index in [1.54, 1.807) is 93.8 Å². The molecule has 2 unspecified atom stereocenters. The molecule has 3 saturated carbocycles. The number of rotatable bonds is 24. The average molecular weight is 2000 g/mol. The number of aromatic nitrogens is 6. The molecule has 7 heterocycles. The number of carboxylic acids is 1. The van der Waals surface area contributed by atoms with Crippen molar-refractivity contribution in [3.8, 4) is 61.8 Å². The Bertz CT molecular complexity index is 6450. The van der Waals surface area contributed by atoms with E-state index >= 15 is 0 Å². The molecule has 756 valence electrons. The Balaban J connectivity index is 0.000000162. The minimum absolute atomic E-state index is 0.0559. The van der Waals surface area contributed by atoms with E-state index in [9.17, 15) is 103 Å². The lowest BCUT2D eigenvalue weighted by Crippen LogP contribution is -2.53. The van der Waals surface area contributed by atoms with Crippen LogP contribution in [0.3, 0.4) is 0 Å². The van der Waals surface area contributed by atoms with Crippen molar-refractivity contribution in [1.29, 1.82) is 0 Å². The molecule has 7 aromatic carbocycles. The van der Waals surface area contributed by atoms with Gasteiger partial charge in [0.15, 0.2) is 18.3 Å². The smallest absolute Gasteiger partial charge is 0.416 e. The van der Waals surface area contributed by atoms with Gasteiger partial charge in [0.25, 0.3) is 11.8 Å². The summed E-state index contributed by atoms with van der Waals surface area (Å²) in [6, 6.07) is 21.6. The summed E-state index contributed by atoms with van der Waals surface area (Å²) in [6.07, 6.45) is -18.4. The van der Waals surface area contributed by atoms with E-state index in [2.05, 4.69) is 26.9 Å². The molecule has 3 aliphatic carbocycles. The summed E-state index contributed by atoms with van der Waals surface area (Å²) in [7, 11) is 11.2. The molecule has 3 atom stereocenters. The fourth-order valence-electron chi connectivity index (χ4n) is 19.1. The first-order valence-electron chi connectivity index (χ1n) is 45.3. The quantitative estimate of drug-likeness (QED) is 0.0437.